The third-order valence-electron chi connectivity index (χ3n) is 2.13. The Morgan fingerprint density at radius 2 is 1.94 bits per heavy atom. The smallest absolute Gasteiger partial charge is 0.296 e. The molecule has 2 rings (SSSR count). The predicted molar refractivity (Wildman–Crippen MR) is 51.7 cm³/mol. The fourth-order valence-corrected chi connectivity index (χ4v) is 1.41. The first-order valence-electron chi connectivity index (χ1n) is 4.56. The summed E-state index contributed by atoms with van der Waals surface area (Å²) in [5, 5.41) is 6.87. The zero-order chi connectivity index (χ0) is 12.5. The second kappa shape index (κ2) is 4.00. The summed E-state index contributed by atoms with van der Waals surface area (Å²) in [5.41, 5.74) is -1.13. The summed E-state index contributed by atoms with van der Waals surface area (Å²) in [4.78, 5) is 10.6. The van der Waals surface area contributed by atoms with E-state index in [4.69, 9.17) is 0 Å². The van der Waals surface area contributed by atoms with Gasteiger partial charge in [-0.3, -0.25) is 4.79 Å². The minimum Gasteiger partial charge on any atom is -0.296 e. The van der Waals surface area contributed by atoms with E-state index >= 15 is 0 Å². The number of nitrogens with zero attached hydrogens (tertiary/aromatic N) is 3. The molecule has 1 heterocycles. The maximum Gasteiger partial charge on any atom is 0.418 e. The molecule has 0 aliphatic rings. The SMILES string of the molecule is O=Cc1cnnn1-c1ccccc1C(F)(F)F. The zero-order valence-electron chi connectivity index (χ0n) is 8.35. The van der Waals surface area contributed by atoms with E-state index in [9.17, 15) is 18.0 Å². The molecular formula is C10H6F3N3O. The average Bonchev–Trinajstić information content (AvgIpc) is 2.75. The number of benzene rings is 1. The van der Waals surface area contributed by atoms with Crippen molar-refractivity contribution in [1.29, 1.82) is 0 Å². The van der Waals surface area contributed by atoms with Crippen molar-refractivity contribution < 1.29 is 18.0 Å². The number of rotatable bonds is 2. The van der Waals surface area contributed by atoms with Crippen LogP contribution in [0.4, 0.5) is 13.2 Å². The van der Waals surface area contributed by atoms with Gasteiger partial charge >= 0.3 is 6.18 Å². The topological polar surface area (TPSA) is 47.8 Å². The first kappa shape index (κ1) is 11.3. The van der Waals surface area contributed by atoms with Gasteiger partial charge < -0.3 is 0 Å². The van der Waals surface area contributed by atoms with Crippen molar-refractivity contribution in [2.24, 2.45) is 0 Å². The van der Waals surface area contributed by atoms with Crippen molar-refractivity contribution in [2.45, 2.75) is 6.18 Å². The molecule has 0 fully saturated rings. The van der Waals surface area contributed by atoms with Crippen LogP contribution in [0.5, 0.6) is 0 Å². The summed E-state index contributed by atoms with van der Waals surface area (Å²) >= 11 is 0. The van der Waals surface area contributed by atoms with E-state index in [1.54, 1.807) is 0 Å². The number of aromatic nitrogens is 3. The summed E-state index contributed by atoms with van der Waals surface area (Å²) in [6, 6.07) is 4.85. The Balaban J connectivity index is 2.64. The van der Waals surface area contributed by atoms with Gasteiger partial charge in [-0.15, -0.1) is 5.10 Å². The fourth-order valence-electron chi connectivity index (χ4n) is 1.41. The van der Waals surface area contributed by atoms with Gasteiger partial charge in [0, 0.05) is 0 Å². The maximum atomic E-state index is 12.7. The number of hydrogen-bond donors (Lipinski definition) is 0. The molecule has 17 heavy (non-hydrogen) atoms. The molecule has 0 spiro atoms. The van der Waals surface area contributed by atoms with Crippen LogP contribution in [0, 0.1) is 0 Å². The molecule has 0 N–H and O–H groups in total. The molecule has 88 valence electrons. The molecular weight excluding hydrogens is 235 g/mol. The van der Waals surface area contributed by atoms with Crippen LogP contribution in [-0.4, -0.2) is 21.3 Å². The number of halogens is 3. The normalized spacial score (nSPS) is 11.5. The van der Waals surface area contributed by atoms with E-state index in [1.807, 2.05) is 0 Å². The minimum absolute atomic E-state index is 0.0401. The number of carbonyl (C=O) groups excluding carboxylic acids is 1. The molecule has 0 aliphatic heterocycles. The Kier molecular flexibility index (Phi) is 2.66. The van der Waals surface area contributed by atoms with Crippen LogP contribution in [0.15, 0.2) is 30.5 Å². The molecule has 4 nitrogen and oxygen atoms in total. The van der Waals surface area contributed by atoms with Crippen molar-refractivity contribution in [2.75, 3.05) is 0 Å². The summed E-state index contributed by atoms with van der Waals surface area (Å²) in [5.74, 6) is 0. The van der Waals surface area contributed by atoms with E-state index < -0.39 is 11.7 Å². The summed E-state index contributed by atoms with van der Waals surface area (Å²) < 4.78 is 39.0. The largest absolute Gasteiger partial charge is 0.418 e. The summed E-state index contributed by atoms with van der Waals surface area (Å²) in [6.45, 7) is 0. The molecule has 0 radical (unpaired) electrons. The molecule has 0 saturated carbocycles. The Labute approximate surface area is 93.7 Å². The van der Waals surface area contributed by atoms with Crippen LogP contribution in [-0.2, 0) is 6.18 Å². The van der Waals surface area contributed by atoms with Gasteiger partial charge in [0.05, 0.1) is 17.4 Å². The standard InChI is InChI=1S/C10H6F3N3O/c11-10(12,13)8-3-1-2-4-9(8)16-7(6-17)5-14-15-16/h1-6H. The van der Waals surface area contributed by atoms with Crippen LogP contribution in [0.2, 0.25) is 0 Å². The molecule has 2 aromatic rings. The van der Waals surface area contributed by atoms with Crippen molar-refractivity contribution in [3.05, 3.63) is 41.7 Å². The average molecular weight is 241 g/mol. The Hall–Kier alpha value is -2.18. The number of aldehydes is 1. The van der Waals surface area contributed by atoms with E-state index in [2.05, 4.69) is 10.3 Å². The van der Waals surface area contributed by atoms with Crippen LogP contribution >= 0.6 is 0 Å². The highest BCUT2D eigenvalue weighted by atomic mass is 19.4. The molecule has 0 unspecified atom stereocenters. The second-order valence-electron chi connectivity index (χ2n) is 3.20. The second-order valence-corrected chi connectivity index (χ2v) is 3.20. The maximum absolute atomic E-state index is 12.7. The summed E-state index contributed by atoms with van der Waals surface area (Å²) in [6.07, 6.45) is -3.02. The van der Waals surface area contributed by atoms with Gasteiger partial charge in [-0.25, -0.2) is 4.68 Å². The molecule has 1 aromatic heterocycles. The van der Waals surface area contributed by atoms with Gasteiger partial charge in [0.15, 0.2) is 6.29 Å². The molecule has 7 heteroatoms. The van der Waals surface area contributed by atoms with Gasteiger partial charge in [-0.2, -0.15) is 13.2 Å². The van der Waals surface area contributed by atoms with Crippen LogP contribution < -0.4 is 0 Å². The molecule has 0 saturated heterocycles. The highest BCUT2D eigenvalue weighted by Crippen LogP contribution is 2.33. The van der Waals surface area contributed by atoms with Crippen molar-refractivity contribution in [1.82, 2.24) is 15.0 Å². The Morgan fingerprint density at radius 3 is 2.59 bits per heavy atom. The lowest BCUT2D eigenvalue weighted by atomic mass is 10.1. The first-order chi connectivity index (χ1) is 8.04. The van der Waals surface area contributed by atoms with Crippen LogP contribution in [0.25, 0.3) is 5.69 Å². The number of alkyl halides is 3. The molecule has 0 amide bonds. The van der Waals surface area contributed by atoms with Crippen molar-refractivity contribution in [3.63, 3.8) is 0 Å². The quantitative estimate of drug-likeness (QED) is 0.756. The van der Waals surface area contributed by atoms with Gasteiger partial charge in [0.2, 0.25) is 0 Å². The van der Waals surface area contributed by atoms with Crippen LogP contribution in [0.1, 0.15) is 16.1 Å². The highest BCUT2D eigenvalue weighted by Gasteiger charge is 2.34. The van der Waals surface area contributed by atoms with Gasteiger partial charge in [0.25, 0.3) is 0 Å². The zero-order valence-corrected chi connectivity index (χ0v) is 8.35. The first-order valence-corrected chi connectivity index (χ1v) is 4.56. The Bertz CT molecular complexity index is 548. The molecule has 0 atom stereocenters. The number of para-hydroxylation sites is 1. The molecule has 0 bridgehead atoms. The van der Waals surface area contributed by atoms with Crippen molar-refractivity contribution >= 4 is 6.29 Å². The molecule has 0 aliphatic carbocycles. The molecule has 1 aromatic carbocycles. The highest BCUT2D eigenvalue weighted by molar-refractivity contribution is 5.72. The Morgan fingerprint density at radius 1 is 1.24 bits per heavy atom. The van der Waals surface area contributed by atoms with E-state index in [1.165, 1.54) is 18.2 Å². The lowest BCUT2D eigenvalue weighted by Crippen LogP contribution is -2.12. The van der Waals surface area contributed by atoms with E-state index in [0.29, 0.717) is 6.29 Å². The minimum atomic E-state index is -4.51. The third kappa shape index (κ3) is 2.03. The predicted octanol–water partition coefficient (Wildman–Crippen LogP) is 2.10. The third-order valence-corrected chi connectivity index (χ3v) is 2.13. The van der Waals surface area contributed by atoms with E-state index in [-0.39, 0.29) is 11.4 Å². The number of carbonyl (C=O) groups is 1. The van der Waals surface area contributed by atoms with Gasteiger partial charge in [0.1, 0.15) is 5.69 Å². The van der Waals surface area contributed by atoms with Crippen molar-refractivity contribution in [3.8, 4) is 5.69 Å². The fraction of sp³-hybridized carbons (Fsp3) is 0.100. The lowest BCUT2D eigenvalue weighted by Gasteiger charge is -2.12. The monoisotopic (exact) mass is 241 g/mol. The lowest BCUT2D eigenvalue weighted by molar-refractivity contribution is -0.137. The van der Waals surface area contributed by atoms with Gasteiger partial charge in [-0.1, -0.05) is 17.3 Å². The summed E-state index contributed by atoms with van der Waals surface area (Å²) in [7, 11) is 0. The van der Waals surface area contributed by atoms with E-state index in [0.717, 1.165) is 16.9 Å². The van der Waals surface area contributed by atoms with Crippen LogP contribution in [0.3, 0.4) is 0 Å². The number of hydrogen-bond acceptors (Lipinski definition) is 3. The van der Waals surface area contributed by atoms with Gasteiger partial charge in [-0.05, 0) is 12.1 Å².